The first-order valence-electron chi connectivity index (χ1n) is 5.60. The third-order valence-electron chi connectivity index (χ3n) is 2.40. The van der Waals surface area contributed by atoms with Crippen LogP contribution < -0.4 is 0 Å². The zero-order valence-corrected chi connectivity index (χ0v) is 9.77. The topological polar surface area (TPSA) is 52.6 Å². The minimum absolute atomic E-state index is 0.184. The predicted octanol–water partition coefficient (Wildman–Crippen LogP) is 1.98. The third kappa shape index (κ3) is 4.96. The Hall–Kier alpha value is -1.32. The first-order valence-corrected chi connectivity index (χ1v) is 5.60. The van der Waals surface area contributed by atoms with Crippen molar-refractivity contribution in [2.75, 3.05) is 0 Å². The van der Waals surface area contributed by atoms with Crippen LogP contribution in [0, 0.1) is 0 Å². The van der Waals surface area contributed by atoms with Crippen molar-refractivity contribution < 1.29 is 19.1 Å². The van der Waals surface area contributed by atoms with E-state index in [2.05, 4.69) is 0 Å². The molecule has 0 aromatic heterocycles. The van der Waals surface area contributed by atoms with Crippen LogP contribution in [0.25, 0.3) is 0 Å². The van der Waals surface area contributed by atoms with Gasteiger partial charge in [-0.05, 0) is 37.8 Å². The molecule has 0 heterocycles. The third-order valence-corrected chi connectivity index (χ3v) is 2.40. The second-order valence-electron chi connectivity index (χ2n) is 3.97. The van der Waals surface area contributed by atoms with E-state index in [1.54, 1.807) is 0 Å². The molecule has 0 radical (unpaired) electrons. The lowest BCUT2D eigenvalue weighted by molar-refractivity contribution is -0.146. The highest BCUT2D eigenvalue weighted by atomic mass is 16.5. The zero-order chi connectivity index (χ0) is 12.0. The fourth-order valence-electron chi connectivity index (χ4n) is 1.75. The Morgan fingerprint density at radius 2 is 1.31 bits per heavy atom. The minimum atomic E-state index is -0.278. The molecule has 0 fully saturated rings. The number of carbonyl (C=O) groups excluding carboxylic acids is 2. The Labute approximate surface area is 95.6 Å². The summed E-state index contributed by atoms with van der Waals surface area (Å²) in [6, 6.07) is 0. The molecule has 0 saturated heterocycles. The summed E-state index contributed by atoms with van der Waals surface area (Å²) < 4.78 is 10.2. The molecule has 0 spiro atoms. The summed E-state index contributed by atoms with van der Waals surface area (Å²) in [4.78, 5) is 21.7. The molecule has 1 rings (SSSR count). The summed E-state index contributed by atoms with van der Waals surface area (Å²) >= 11 is 0. The first kappa shape index (κ1) is 12.7. The monoisotopic (exact) mass is 226 g/mol. The van der Waals surface area contributed by atoms with Gasteiger partial charge < -0.3 is 9.47 Å². The maximum absolute atomic E-state index is 10.8. The van der Waals surface area contributed by atoms with Crippen LogP contribution in [-0.2, 0) is 19.1 Å². The van der Waals surface area contributed by atoms with Gasteiger partial charge >= 0.3 is 11.9 Å². The van der Waals surface area contributed by atoms with Gasteiger partial charge in [0, 0.05) is 13.8 Å². The number of ether oxygens (including phenoxy) is 2. The summed E-state index contributed by atoms with van der Waals surface area (Å²) in [7, 11) is 0. The number of hydrogen-bond donors (Lipinski definition) is 0. The van der Waals surface area contributed by atoms with Gasteiger partial charge in [0.2, 0.25) is 0 Å². The van der Waals surface area contributed by atoms with Crippen LogP contribution in [0.3, 0.4) is 0 Å². The summed E-state index contributed by atoms with van der Waals surface area (Å²) in [6.45, 7) is 2.80. The van der Waals surface area contributed by atoms with Crippen molar-refractivity contribution in [3.8, 4) is 0 Å². The van der Waals surface area contributed by atoms with Crippen LogP contribution in [-0.4, -0.2) is 24.1 Å². The van der Waals surface area contributed by atoms with E-state index < -0.39 is 0 Å². The lowest BCUT2D eigenvalue weighted by atomic mass is 10.0. The van der Waals surface area contributed by atoms with Crippen molar-refractivity contribution in [2.24, 2.45) is 0 Å². The average molecular weight is 226 g/mol. The molecule has 4 nitrogen and oxygen atoms in total. The highest BCUT2D eigenvalue weighted by molar-refractivity contribution is 5.66. The van der Waals surface area contributed by atoms with Gasteiger partial charge in [-0.15, -0.1) is 0 Å². The van der Waals surface area contributed by atoms with Gasteiger partial charge in [-0.1, -0.05) is 0 Å². The molecular weight excluding hydrogens is 208 g/mol. The number of hydrogen-bond acceptors (Lipinski definition) is 4. The van der Waals surface area contributed by atoms with E-state index in [1.165, 1.54) is 13.8 Å². The minimum Gasteiger partial charge on any atom is -0.458 e. The van der Waals surface area contributed by atoms with Gasteiger partial charge in [-0.2, -0.15) is 0 Å². The number of rotatable bonds is 2. The van der Waals surface area contributed by atoms with E-state index in [9.17, 15) is 9.59 Å². The van der Waals surface area contributed by atoms with Gasteiger partial charge in [-0.3, -0.25) is 9.59 Å². The van der Waals surface area contributed by atoms with Crippen molar-refractivity contribution in [3.63, 3.8) is 0 Å². The Morgan fingerprint density at radius 3 is 1.62 bits per heavy atom. The molecule has 0 aromatic rings. The van der Waals surface area contributed by atoms with Crippen molar-refractivity contribution >= 4 is 11.9 Å². The standard InChI is InChI=1S/C12H18O4/c1-9(13)15-11-5-3-4-6-12(8-7-11)16-10(2)14/h7-8,11-12H,3-6H2,1-2H3/b8-7-/t11-,12-/m1/s1. The largest absolute Gasteiger partial charge is 0.458 e. The Morgan fingerprint density at radius 1 is 0.938 bits per heavy atom. The van der Waals surface area contributed by atoms with E-state index >= 15 is 0 Å². The van der Waals surface area contributed by atoms with Crippen molar-refractivity contribution in [1.29, 1.82) is 0 Å². The summed E-state index contributed by atoms with van der Waals surface area (Å²) in [5.41, 5.74) is 0. The maximum Gasteiger partial charge on any atom is 0.303 e. The first-order chi connectivity index (χ1) is 7.58. The summed E-state index contributed by atoms with van der Waals surface area (Å²) in [6.07, 6.45) is 6.88. The molecular formula is C12H18O4. The molecule has 0 aromatic carbocycles. The lowest BCUT2D eigenvalue weighted by Gasteiger charge is -2.19. The Bertz CT molecular complexity index is 255. The fraction of sp³-hybridized carbons (Fsp3) is 0.667. The van der Waals surface area contributed by atoms with Gasteiger partial charge in [-0.25, -0.2) is 0 Å². The van der Waals surface area contributed by atoms with Gasteiger partial charge in [0.25, 0.3) is 0 Å². The average Bonchev–Trinajstić information content (AvgIpc) is 2.14. The van der Waals surface area contributed by atoms with Crippen LogP contribution in [0.15, 0.2) is 12.2 Å². The SMILES string of the molecule is CC(=O)O[C@H]1/C=C\[C@H](OC(C)=O)CCCC1. The van der Waals surface area contributed by atoms with Gasteiger partial charge in [0.1, 0.15) is 12.2 Å². The Kier molecular flexibility index (Phi) is 5.02. The predicted molar refractivity (Wildman–Crippen MR) is 58.7 cm³/mol. The van der Waals surface area contributed by atoms with E-state index in [1.807, 2.05) is 12.2 Å². The van der Waals surface area contributed by atoms with Crippen LogP contribution in [0.2, 0.25) is 0 Å². The van der Waals surface area contributed by atoms with Gasteiger partial charge in [0.05, 0.1) is 0 Å². The van der Waals surface area contributed by atoms with Gasteiger partial charge in [0.15, 0.2) is 0 Å². The zero-order valence-electron chi connectivity index (χ0n) is 9.77. The van der Waals surface area contributed by atoms with Crippen molar-refractivity contribution in [3.05, 3.63) is 12.2 Å². The second kappa shape index (κ2) is 6.30. The van der Waals surface area contributed by atoms with Crippen LogP contribution in [0.1, 0.15) is 39.5 Å². The van der Waals surface area contributed by atoms with Crippen molar-refractivity contribution in [2.45, 2.75) is 51.7 Å². The second-order valence-corrected chi connectivity index (χ2v) is 3.97. The molecule has 0 saturated carbocycles. The summed E-state index contributed by atoms with van der Waals surface area (Å²) in [5, 5.41) is 0. The van der Waals surface area contributed by atoms with E-state index in [-0.39, 0.29) is 24.1 Å². The highest BCUT2D eigenvalue weighted by Crippen LogP contribution is 2.16. The van der Waals surface area contributed by atoms with E-state index in [4.69, 9.17) is 9.47 Å². The molecule has 0 aliphatic heterocycles. The highest BCUT2D eigenvalue weighted by Gasteiger charge is 2.15. The normalized spacial score (nSPS) is 27.4. The molecule has 4 heteroatoms. The van der Waals surface area contributed by atoms with E-state index in [0.717, 1.165) is 25.7 Å². The molecule has 0 amide bonds. The smallest absolute Gasteiger partial charge is 0.303 e. The fourth-order valence-corrected chi connectivity index (χ4v) is 1.75. The molecule has 0 unspecified atom stereocenters. The number of carbonyl (C=O) groups is 2. The molecule has 0 N–H and O–H groups in total. The molecule has 0 bridgehead atoms. The molecule has 2 atom stereocenters. The molecule has 1 aliphatic rings. The van der Waals surface area contributed by atoms with Crippen LogP contribution in [0.4, 0.5) is 0 Å². The summed E-state index contributed by atoms with van der Waals surface area (Å²) in [5.74, 6) is -0.557. The number of esters is 2. The lowest BCUT2D eigenvalue weighted by Crippen LogP contribution is -2.19. The van der Waals surface area contributed by atoms with Crippen LogP contribution in [0.5, 0.6) is 0 Å². The molecule has 16 heavy (non-hydrogen) atoms. The maximum atomic E-state index is 10.8. The Balaban J connectivity index is 2.54. The van der Waals surface area contributed by atoms with E-state index in [0.29, 0.717) is 0 Å². The quantitative estimate of drug-likeness (QED) is 0.533. The van der Waals surface area contributed by atoms with Crippen LogP contribution >= 0.6 is 0 Å². The molecule has 90 valence electrons. The molecule has 1 aliphatic carbocycles. The van der Waals surface area contributed by atoms with Crippen molar-refractivity contribution in [1.82, 2.24) is 0 Å².